The monoisotopic (exact) mass is 328 g/mol. The molecule has 1 aliphatic heterocycles. The number of nitrogens with one attached hydrogen (secondary N) is 2. The number of urea groups is 1. The molecule has 126 valence electrons. The van der Waals surface area contributed by atoms with Crippen LogP contribution in [0.2, 0.25) is 0 Å². The minimum absolute atomic E-state index is 0.146. The van der Waals surface area contributed by atoms with Crippen LogP contribution in [0, 0.1) is 12.7 Å². The summed E-state index contributed by atoms with van der Waals surface area (Å²) in [6.45, 7) is 2.93. The molecule has 2 aromatic rings. The van der Waals surface area contributed by atoms with Crippen LogP contribution in [0.1, 0.15) is 47.7 Å². The predicted molar refractivity (Wildman–Crippen MR) is 89.4 cm³/mol. The molecule has 0 radical (unpaired) electrons. The summed E-state index contributed by atoms with van der Waals surface area (Å²) in [5.41, 5.74) is 4.65. The first-order valence-corrected chi connectivity index (χ1v) is 8.50. The largest absolute Gasteiger partial charge is 0.322 e. The van der Waals surface area contributed by atoms with Crippen molar-refractivity contribution in [3.05, 3.63) is 46.5 Å². The molecule has 6 heteroatoms. The number of carbonyl (C=O) groups excluding carboxylic acids is 1. The minimum atomic E-state index is -0.265. The predicted octanol–water partition coefficient (Wildman–Crippen LogP) is 3.71. The third kappa shape index (κ3) is 2.66. The fraction of sp³-hybridized carbons (Fsp3) is 0.444. The third-order valence-electron chi connectivity index (χ3n) is 5.15. The van der Waals surface area contributed by atoms with Crippen molar-refractivity contribution in [1.29, 1.82) is 0 Å². The first kappa shape index (κ1) is 15.2. The number of benzene rings is 1. The summed E-state index contributed by atoms with van der Waals surface area (Å²) < 4.78 is 13.3. The second-order valence-electron chi connectivity index (χ2n) is 6.76. The number of rotatable bonds is 2. The molecule has 1 aromatic carbocycles. The fourth-order valence-corrected chi connectivity index (χ4v) is 3.43. The van der Waals surface area contributed by atoms with Gasteiger partial charge < -0.3 is 10.2 Å². The molecule has 0 saturated heterocycles. The molecule has 2 aliphatic rings. The molecule has 0 unspecified atom stereocenters. The van der Waals surface area contributed by atoms with E-state index in [1.54, 1.807) is 24.0 Å². The van der Waals surface area contributed by atoms with Gasteiger partial charge in [0.2, 0.25) is 0 Å². The zero-order valence-corrected chi connectivity index (χ0v) is 13.7. The Morgan fingerprint density at radius 3 is 2.96 bits per heavy atom. The number of fused-ring (bicyclic) bond motifs is 1. The van der Waals surface area contributed by atoms with Crippen LogP contribution < -0.4 is 5.32 Å². The Morgan fingerprint density at radius 2 is 2.25 bits per heavy atom. The third-order valence-corrected chi connectivity index (χ3v) is 5.15. The lowest BCUT2D eigenvalue weighted by molar-refractivity contribution is 0.205. The van der Waals surface area contributed by atoms with Crippen LogP contribution in [0.4, 0.5) is 14.9 Å². The van der Waals surface area contributed by atoms with E-state index >= 15 is 0 Å². The van der Waals surface area contributed by atoms with Crippen LogP contribution in [0.15, 0.2) is 18.2 Å². The van der Waals surface area contributed by atoms with E-state index in [1.807, 2.05) is 0 Å². The molecule has 2 amide bonds. The summed E-state index contributed by atoms with van der Waals surface area (Å²) in [7, 11) is 0. The number of hydrogen-bond donors (Lipinski definition) is 2. The van der Waals surface area contributed by atoms with Crippen LogP contribution in [0.5, 0.6) is 0 Å². The number of nitrogens with zero attached hydrogens (tertiary/aromatic N) is 2. The van der Waals surface area contributed by atoms with Crippen LogP contribution in [-0.4, -0.2) is 27.7 Å². The van der Waals surface area contributed by atoms with Gasteiger partial charge in [-0.1, -0.05) is 6.42 Å². The Bertz CT molecular complexity index is 781. The van der Waals surface area contributed by atoms with Crippen molar-refractivity contribution in [2.45, 2.75) is 45.1 Å². The van der Waals surface area contributed by atoms with Gasteiger partial charge in [-0.25, -0.2) is 9.18 Å². The lowest BCUT2D eigenvalue weighted by Crippen LogP contribution is -2.39. The van der Waals surface area contributed by atoms with Crippen molar-refractivity contribution in [2.75, 3.05) is 11.9 Å². The van der Waals surface area contributed by atoms with Crippen molar-refractivity contribution < 1.29 is 9.18 Å². The fourth-order valence-electron chi connectivity index (χ4n) is 3.43. The average molecular weight is 328 g/mol. The molecular weight excluding hydrogens is 307 g/mol. The smallest absolute Gasteiger partial charge is 0.320 e. The molecule has 1 aliphatic carbocycles. The maximum atomic E-state index is 13.3. The number of anilines is 1. The van der Waals surface area contributed by atoms with Crippen molar-refractivity contribution >= 4 is 11.7 Å². The average Bonchev–Trinajstić information content (AvgIpc) is 2.92. The summed E-state index contributed by atoms with van der Waals surface area (Å²) in [5.74, 6) is 0.284. The van der Waals surface area contributed by atoms with Gasteiger partial charge in [0, 0.05) is 35.8 Å². The Kier molecular flexibility index (Phi) is 3.75. The molecule has 0 spiro atoms. The summed E-state index contributed by atoms with van der Waals surface area (Å²) in [6.07, 6.45) is 4.45. The number of aromatic nitrogens is 2. The SMILES string of the molecule is Cc1cc(NC(=O)N2CCc3[nH]nc(C4CCC4)c3C2)ccc1F. The molecule has 0 bridgehead atoms. The van der Waals surface area contributed by atoms with Crippen LogP contribution >= 0.6 is 0 Å². The highest BCUT2D eigenvalue weighted by Crippen LogP contribution is 2.38. The minimum Gasteiger partial charge on any atom is -0.320 e. The second-order valence-corrected chi connectivity index (χ2v) is 6.76. The Labute approximate surface area is 140 Å². The number of aryl methyl sites for hydroxylation is 1. The van der Waals surface area contributed by atoms with Crippen molar-refractivity contribution in [3.63, 3.8) is 0 Å². The van der Waals surface area contributed by atoms with Gasteiger partial charge in [0.05, 0.1) is 12.2 Å². The van der Waals surface area contributed by atoms with Gasteiger partial charge in [0.25, 0.3) is 0 Å². The van der Waals surface area contributed by atoms with E-state index in [0.717, 1.165) is 12.1 Å². The molecule has 1 fully saturated rings. The highest BCUT2D eigenvalue weighted by atomic mass is 19.1. The lowest BCUT2D eigenvalue weighted by atomic mass is 9.81. The zero-order valence-electron chi connectivity index (χ0n) is 13.7. The molecular formula is C18H21FN4O. The van der Waals surface area contributed by atoms with Crippen molar-refractivity contribution in [1.82, 2.24) is 15.1 Å². The van der Waals surface area contributed by atoms with Crippen LogP contribution in [0.3, 0.4) is 0 Å². The Morgan fingerprint density at radius 1 is 1.42 bits per heavy atom. The maximum absolute atomic E-state index is 13.3. The number of amides is 2. The molecule has 2 N–H and O–H groups in total. The summed E-state index contributed by atoms with van der Waals surface area (Å²) >= 11 is 0. The van der Waals surface area contributed by atoms with Crippen molar-refractivity contribution in [2.24, 2.45) is 0 Å². The van der Waals surface area contributed by atoms with E-state index in [1.165, 1.54) is 36.6 Å². The topological polar surface area (TPSA) is 61.0 Å². The van der Waals surface area contributed by atoms with Gasteiger partial charge in [-0.15, -0.1) is 0 Å². The highest BCUT2D eigenvalue weighted by Gasteiger charge is 2.30. The summed E-state index contributed by atoms with van der Waals surface area (Å²) in [4.78, 5) is 14.4. The number of halogens is 1. The number of hydrogen-bond acceptors (Lipinski definition) is 2. The molecule has 0 atom stereocenters. The van der Waals surface area contributed by atoms with Crippen molar-refractivity contribution in [3.8, 4) is 0 Å². The van der Waals surface area contributed by atoms with Gasteiger partial charge in [-0.2, -0.15) is 5.10 Å². The number of H-pyrrole nitrogens is 1. The van der Waals surface area contributed by atoms with Gasteiger partial charge in [-0.05, 0) is 43.5 Å². The van der Waals surface area contributed by atoms with Crippen LogP contribution in [0.25, 0.3) is 0 Å². The van der Waals surface area contributed by atoms with Gasteiger partial charge in [0.1, 0.15) is 5.82 Å². The molecule has 24 heavy (non-hydrogen) atoms. The highest BCUT2D eigenvalue weighted by molar-refractivity contribution is 5.89. The lowest BCUT2D eigenvalue weighted by Gasteiger charge is -2.30. The first-order valence-electron chi connectivity index (χ1n) is 8.50. The van der Waals surface area contributed by atoms with E-state index < -0.39 is 0 Å². The molecule has 4 rings (SSSR count). The van der Waals surface area contributed by atoms with Gasteiger partial charge in [0.15, 0.2) is 0 Å². The summed E-state index contributed by atoms with van der Waals surface area (Å²) in [5, 5.41) is 10.5. The van der Waals surface area contributed by atoms with Gasteiger partial charge in [-0.3, -0.25) is 5.10 Å². The quantitative estimate of drug-likeness (QED) is 0.883. The second kappa shape index (κ2) is 5.92. The Hall–Kier alpha value is -2.37. The first-order chi connectivity index (χ1) is 11.6. The van der Waals surface area contributed by atoms with E-state index in [0.29, 0.717) is 30.3 Å². The summed E-state index contributed by atoms with van der Waals surface area (Å²) in [6, 6.07) is 4.48. The molecule has 2 heterocycles. The number of carbonyl (C=O) groups is 1. The standard InChI is InChI=1S/C18H21FN4O/c1-11-9-13(5-6-15(11)19)20-18(24)23-8-7-16-14(10-23)17(22-21-16)12-3-2-4-12/h5-6,9,12H,2-4,7-8,10H2,1H3,(H,20,24)(H,21,22). The van der Waals surface area contributed by atoms with E-state index in [9.17, 15) is 9.18 Å². The van der Waals surface area contributed by atoms with Gasteiger partial charge >= 0.3 is 6.03 Å². The van der Waals surface area contributed by atoms with E-state index in [4.69, 9.17) is 0 Å². The molecule has 1 saturated carbocycles. The normalized spacial score (nSPS) is 17.3. The maximum Gasteiger partial charge on any atom is 0.322 e. The van der Waals surface area contributed by atoms with Crippen LogP contribution in [-0.2, 0) is 13.0 Å². The van der Waals surface area contributed by atoms with E-state index in [-0.39, 0.29) is 11.8 Å². The zero-order chi connectivity index (χ0) is 16.7. The molecule has 5 nitrogen and oxygen atoms in total. The van der Waals surface area contributed by atoms with E-state index in [2.05, 4.69) is 15.5 Å². The number of aromatic amines is 1. The molecule has 1 aromatic heterocycles. The Balaban J connectivity index is 1.48.